The van der Waals surface area contributed by atoms with Gasteiger partial charge in [-0.3, -0.25) is 14.4 Å². The number of carbonyl (C=O) groups is 3. The average Bonchev–Trinajstić information content (AvgIpc) is 2.64. The zero-order valence-electron chi connectivity index (χ0n) is 15.0. The summed E-state index contributed by atoms with van der Waals surface area (Å²) in [6, 6.07) is 11.9. The summed E-state index contributed by atoms with van der Waals surface area (Å²) in [6.07, 6.45) is 1.37. The van der Waals surface area contributed by atoms with Crippen molar-refractivity contribution in [1.82, 2.24) is 5.43 Å². The van der Waals surface area contributed by atoms with Crippen molar-refractivity contribution < 1.29 is 19.1 Å². The van der Waals surface area contributed by atoms with Crippen LogP contribution in [0, 0.1) is 13.8 Å². The first-order valence-electron chi connectivity index (χ1n) is 8.08. The maximum atomic E-state index is 11.9. The molecule has 2 rings (SSSR count). The van der Waals surface area contributed by atoms with Crippen molar-refractivity contribution in [2.75, 3.05) is 11.9 Å². The smallest absolute Gasteiger partial charge is 0.329 e. The molecule has 0 aliphatic rings. The molecule has 0 saturated heterocycles. The lowest BCUT2D eigenvalue weighted by molar-refractivity contribution is -0.136. The second kappa shape index (κ2) is 9.14. The molecule has 4 N–H and O–H groups in total. The van der Waals surface area contributed by atoms with Gasteiger partial charge < -0.3 is 15.8 Å². The van der Waals surface area contributed by atoms with Crippen molar-refractivity contribution in [3.8, 4) is 5.75 Å². The van der Waals surface area contributed by atoms with Gasteiger partial charge in [-0.25, -0.2) is 5.43 Å². The van der Waals surface area contributed by atoms with Gasteiger partial charge in [0.25, 0.3) is 5.91 Å². The van der Waals surface area contributed by atoms with E-state index in [-0.39, 0.29) is 6.61 Å². The van der Waals surface area contributed by atoms with Crippen molar-refractivity contribution in [2.24, 2.45) is 10.8 Å². The molecule has 0 aliphatic heterocycles. The van der Waals surface area contributed by atoms with Crippen LogP contribution in [0.15, 0.2) is 47.6 Å². The highest BCUT2D eigenvalue weighted by Crippen LogP contribution is 2.14. The van der Waals surface area contributed by atoms with Crippen LogP contribution in [0.5, 0.6) is 5.75 Å². The van der Waals surface area contributed by atoms with Gasteiger partial charge in [0.1, 0.15) is 5.75 Å². The fourth-order valence-corrected chi connectivity index (χ4v) is 2.03. The Bertz CT molecular complexity index is 876. The third-order valence-electron chi connectivity index (χ3n) is 3.61. The molecule has 8 heteroatoms. The number of aryl methyl sites for hydroxylation is 2. The number of hydrazone groups is 1. The van der Waals surface area contributed by atoms with Crippen molar-refractivity contribution in [2.45, 2.75) is 13.8 Å². The highest BCUT2D eigenvalue weighted by atomic mass is 16.5. The van der Waals surface area contributed by atoms with Gasteiger partial charge in [-0.1, -0.05) is 6.07 Å². The molecule has 0 aromatic heterocycles. The lowest BCUT2D eigenvalue weighted by Crippen LogP contribution is -2.32. The lowest BCUT2D eigenvalue weighted by Gasteiger charge is -2.06. The predicted molar refractivity (Wildman–Crippen MR) is 101 cm³/mol. The SMILES string of the molecule is Cc1ccc(NC(=O)C(=O)N/N=C/c2ccc(OCC(N)=O)cc2)cc1C. The maximum Gasteiger partial charge on any atom is 0.329 e. The molecule has 0 heterocycles. The Labute approximate surface area is 156 Å². The molecule has 0 spiro atoms. The number of nitrogens with two attached hydrogens (primary N) is 1. The minimum atomic E-state index is -0.883. The van der Waals surface area contributed by atoms with E-state index in [9.17, 15) is 14.4 Å². The summed E-state index contributed by atoms with van der Waals surface area (Å²) in [4.78, 5) is 34.3. The van der Waals surface area contributed by atoms with Crippen molar-refractivity contribution in [3.63, 3.8) is 0 Å². The summed E-state index contributed by atoms with van der Waals surface area (Å²) < 4.78 is 5.13. The molecular formula is C19H20N4O4. The van der Waals surface area contributed by atoms with Crippen molar-refractivity contribution in [3.05, 3.63) is 59.2 Å². The number of hydrogen-bond donors (Lipinski definition) is 3. The predicted octanol–water partition coefficient (Wildman–Crippen LogP) is 1.26. The maximum absolute atomic E-state index is 11.9. The molecule has 0 fully saturated rings. The van der Waals surface area contributed by atoms with Crippen molar-refractivity contribution in [1.29, 1.82) is 0 Å². The van der Waals surface area contributed by atoms with Crippen molar-refractivity contribution >= 4 is 29.6 Å². The van der Waals surface area contributed by atoms with Crippen LogP contribution in [0.25, 0.3) is 0 Å². The number of amides is 3. The molecule has 0 unspecified atom stereocenters. The molecule has 8 nitrogen and oxygen atoms in total. The molecule has 2 aromatic rings. The summed E-state index contributed by atoms with van der Waals surface area (Å²) in [5, 5.41) is 6.25. The first-order chi connectivity index (χ1) is 12.8. The van der Waals surface area contributed by atoms with E-state index in [1.165, 1.54) is 6.21 Å². The normalized spacial score (nSPS) is 10.4. The second-order valence-corrected chi connectivity index (χ2v) is 5.78. The van der Waals surface area contributed by atoms with Gasteiger partial charge in [0.05, 0.1) is 6.21 Å². The number of nitrogens with zero attached hydrogens (tertiary/aromatic N) is 1. The first-order valence-corrected chi connectivity index (χ1v) is 8.08. The average molecular weight is 368 g/mol. The zero-order chi connectivity index (χ0) is 19.8. The molecular weight excluding hydrogens is 348 g/mol. The van der Waals surface area contributed by atoms with E-state index in [2.05, 4.69) is 15.8 Å². The highest BCUT2D eigenvalue weighted by molar-refractivity contribution is 6.39. The van der Waals surface area contributed by atoms with Crippen LogP contribution in [-0.4, -0.2) is 30.5 Å². The molecule has 27 heavy (non-hydrogen) atoms. The van der Waals surface area contributed by atoms with Crippen LogP contribution in [0.3, 0.4) is 0 Å². The molecule has 2 aromatic carbocycles. The Hall–Kier alpha value is -3.68. The number of ether oxygens (including phenoxy) is 1. The Balaban J connectivity index is 1.85. The Kier molecular flexibility index (Phi) is 6.65. The van der Waals surface area contributed by atoms with Gasteiger partial charge in [0, 0.05) is 5.69 Å². The Morgan fingerprint density at radius 1 is 1.04 bits per heavy atom. The first kappa shape index (κ1) is 19.6. The monoisotopic (exact) mass is 368 g/mol. The number of hydrogen-bond acceptors (Lipinski definition) is 5. The number of anilines is 1. The van der Waals surface area contributed by atoms with E-state index in [0.29, 0.717) is 17.0 Å². The van der Waals surface area contributed by atoms with E-state index in [1.807, 2.05) is 19.9 Å². The molecule has 0 atom stereocenters. The summed E-state index contributed by atoms with van der Waals surface area (Å²) >= 11 is 0. The van der Waals surface area contributed by atoms with Gasteiger partial charge in [-0.2, -0.15) is 5.10 Å². The molecule has 140 valence electrons. The summed E-state index contributed by atoms with van der Waals surface area (Å²) in [7, 11) is 0. The number of primary amides is 1. The number of benzene rings is 2. The van der Waals surface area contributed by atoms with E-state index >= 15 is 0 Å². The number of rotatable bonds is 6. The van der Waals surface area contributed by atoms with Gasteiger partial charge >= 0.3 is 11.8 Å². The van der Waals surface area contributed by atoms with Crippen LogP contribution in [0.1, 0.15) is 16.7 Å². The lowest BCUT2D eigenvalue weighted by atomic mass is 10.1. The minimum absolute atomic E-state index is 0.209. The van der Waals surface area contributed by atoms with E-state index in [0.717, 1.165) is 11.1 Å². The standard InChI is InChI=1S/C19H20N4O4/c1-12-3-6-15(9-13(12)2)22-18(25)19(26)23-21-10-14-4-7-16(8-5-14)27-11-17(20)24/h3-10H,11H2,1-2H3,(H2,20,24)(H,22,25)(H,23,26)/b21-10+. The van der Waals surface area contributed by atoms with Crippen LogP contribution in [0.2, 0.25) is 0 Å². The largest absolute Gasteiger partial charge is 0.484 e. The van der Waals surface area contributed by atoms with Gasteiger partial charge in [-0.05, 0) is 66.9 Å². The molecule has 0 radical (unpaired) electrons. The highest BCUT2D eigenvalue weighted by Gasteiger charge is 2.13. The summed E-state index contributed by atoms with van der Waals surface area (Å²) in [5.74, 6) is -1.79. The topological polar surface area (TPSA) is 123 Å². The fraction of sp³-hybridized carbons (Fsp3) is 0.158. The second-order valence-electron chi connectivity index (χ2n) is 5.78. The van der Waals surface area contributed by atoms with Gasteiger partial charge in [0.2, 0.25) is 0 Å². The quantitative estimate of drug-likeness (QED) is 0.403. The van der Waals surface area contributed by atoms with Crippen LogP contribution in [-0.2, 0) is 14.4 Å². The third-order valence-corrected chi connectivity index (χ3v) is 3.61. The molecule has 0 saturated carbocycles. The zero-order valence-corrected chi connectivity index (χ0v) is 15.0. The van der Waals surface area contributed by atoms with Crippen LogP contribution >= 0.6 is 0 Å². The van der Waals surface area contributed by atoms with Gasteiger partial charge in [-0.15, -0.1) is 0 Å². The molecule has 3 amide bonds. The third kappa shape index (κ3) is 6.28. The van der Waals surface area contributed by atoms with E-state index in [4.69, 9.17) is 10.5 Å². The summed E-state index contributed by atoms with van der Waals surface area (Å²) in [6.45, 7) is 3.66. The molecule has 0 aliphatic carbocycles. The Morgan fingerprint density at radius 3 is 2.37 bits per heavy atom. The Morgan fingerprint density at radius 2 is 1.74 bits per heavy atom. The number of carbonyl (C=O) groups excluding carboxylic acids is 3. The van der Waals surface area contributed by atoms with Crippen LogP contribution in [0.4, 0.5) is 5.69 Å². The minimum Gasteiger partial charge on any atom is -0.484 e. The summed E-state index contributed by atoms with van der Waals surface area (Å²) in [5.41, 5.74) is 10.4. The fourth-order valence-electron chi connectivity index (χ4n) is 2.03. The van der Waals surface area contributed by atoms with Gasteiger partial charge in [0.15, 0.2) is 6.61 Å². The molecule has 0 bridgehead atoms. The number of nitrogens with one attached hydrogen (secondary N) is 2. The van der Waals surface area contributed by atoms with Crippen LogP contribution < -0.4 is 21.2 Å². The van der Waals surface area contributed by atoms with E-state index in [1.54, 1.807) is 36.4 Å². The van der Waals surface area contributed by atoms with E-state index < -0.39 is 17.7 Å².